The van der Waals surface area contributed by atoms with Crippen LogP contribution in [0, 0.1) is 31.9 Å². The number of halogens is 11. The Morgan fingerprint density at radius 3 is 1.39 bits per heavy atom. The first kappa shape index (κ1) is 76.3. The van der Waals surface area contributed by atoms with Crippen molar-refractivity contribution in [2.75, 3.05) is 18.5 Å². The van der Waals surface area contributed by atoms with E-state index in [4.69, 9.17) is 114 Å². The van der Waals surface area contributed by atoms with Gasteiger partial charge in [0.25, 0.3) is 11.4 Å². The number of nitrogens with zero attached hydrogens (tertiary/aromatic N) is 6. The smallest absolute Gasteiger partial charge is 0.272 e. The zero-order valence-corrected chi connectivity index (χ0v) is 56.4. The highest BCUT2D eigenvalue weighted by Crippen LogP contribution is 2.36. The van der Waals surface area contributed by atoms with Crippen molar-refractivity contribution in [1.82, 2.24) is 29.9 Å². The molecule has 0 bridgehead atoms. The summed E-state index contributed by atoms with van der Waals surface area (Å²) < 4.78 is 38.2. The Bertz CT molecular complexity index is 3550. The van der Waals surface area contributed by atoms with Gasteiger partial charge in [0, 0.05) is 73.6 Å². The summed E-state index contributed by atoms with van der Waals surface area (Å²) in [5.41, 5.74) is 1.65. The van der Waals surface area contributed by atoms with E-state index >= 15 is 0 Å². The SMILES string of the molecule is CCCCCPc1[nH]ccc(=O)c1Cl.CCCCCPc1nccc(Oc2ccc([N+](=O)[O-])cc2F)c1Cl.CCCCCPc1ncccc1Cl.Clc1cccnc1Cl.O=[N+]([O-])c1ccc(Oc2ccnc(Cl)c2Cl)c(F)c1.O=c1cc[nH]c(Cl)c1Cl. The number of ether oxygens (including phenoxy) is 2. The number of nitro benzene ring substituents is 2. The van der Waals surface area contributed by atoms with Gasteiger partial charge >= 0.3 is 0 Å². The van der Waals surface area contributed by atoms with Gasteiger partial charge in [0.15, 0.2) is 34.0 Å². The Morgan fingerprint density at radius 1 is 0.483 bits per heavy atom. The van der Waals surface area contributed by atoms with E-state index in [1.165, 1.54) is 87.4 Å². The standard InChI is InChI=1S/C16H17ClFN2O3P.C11H5Cl2FN2O3.C10H15ClNOP.C10H15ClNP.C5H3Cl2NO.C5H3Cl2N/c1-2-3-4-9-24-16-15(17)14(7-8-19-16)23-13-6-5-11(20(21)22)10-12(13)18;12-10-9(3-4-15-11(10)13)19-8-2-1-6(16(17)18)5-7(8)14;1-2-3-4-7-14-10-9(11)8(13)5-6-12-10;1-2-3-4-8-13-10-9(11)6-5-7-12-10;6-4-3(9)1-2-8-5(4)7;6-4-2-1-3-8-5(4)7/h5-8,10,24H,2-4,9H2,1H3;1-5H;5-6,14H,2-4,7H2,1H3,(H,12,13);5-7,13H,2-4,8H2,1H3;1-2H,(H,8,9);1-3H. The van der Waals surface area contributed by atoms with Crippen LogP contribution in [0.25, 0.3) is 0 Å². The largest absolute Gasteiger partial charge is 0.453 e. The maximum atomic E-state index is 13.9. The number of hydrogen-bond acceptors (Lipinski definition) is 12. The lowest BCUT2D eigenvalue weighted by molar-refractivity contribution is -0.385. The third kappa shape index (κ3) is 28.6. The molecule has 8 aromatic rings. The van der Waals surface area contributed by atoms with Gasteiger partial charge in [-0.2, -0.15) is 0 Å². The number of hydrogen-bond donors (Lipinski definition) is 2. The molecule has 0 fully saturated rings. The number of H-pyrrole nitrogens is 2. The van der Waals surface area contributed by atoms with Crippen LogP contribution in [0.2, 0.25) is 45.6 Å². The molecule has 3 unspecified atom stereocenters. The van der Waals surface area contributed by atoms with Crippen molar-refractivity contribution in [1.29, 1.82) is 0 Å². The molecule has 0 saturated heterocycles. The average molecular weight is 1430 g/mol. The summed E-state index contributed by atoms with van der Waals surface area (Å²) in [6.45, 7) is 6.54. The molecule has 0 amide bonds. The van der Waals surface area contributed by atoms with Gasteiger partial charge in [0.05, 0.1) is 48.3 Å². The van der Waals surface area contributed by atoms with E-state index in [2.05, 4.69) is 50.7 Å². The van der Waals surface area contributed by atoms with E-state index in [0.29, 0.717) is 37.4 Å². The van der Waals surface area contributed by atoms with Gasteiger partial charge in [-0.25, -0.2) is 18.7 Å². The van der Waals surface area contributed by atoms with Crippen LogP contribution in [0.15, 0.2) is 132 Å². The fourth-order valence-corrected chi connectivity index (χ4v) is 11.5. The predicted octanol–water partition coefficient (Wildman–Crippen LogP) is 19.1. The average Bonchev–Trinajstić information content (AvgIpc) is 3.64. The summed E-state index contributed by atoms with van der Waals surface area (Å²) in [7, 11) is 1.85. The van der Waals surface area contributed by atoms with Crippen LogP contribution in [0.4, 0.5) is 20.2 Å². The molecule has 6 heterocycles. The number of benzene rings is 2. The minimum absolute atomic E-state index is 0.0153. The number of aromatic nitrogens is 6. The zero-order chi connectivity index (χ0) is 64.3. The lowest BCUT2D eigenvalue weighted by Gasteiger charge is -2.11. The highest BCUT2D eigenvalue weighted by molar-refractivity contribution is 7.47. The van der Waals surface area contributed by atoms with Crippen LogP contribution in [-0.4, -0.2) is 58.2 Å². The van der Waals surface area contributed by atoms with Crippen molar-refractivity contribution in [2.45, 2.75) is 78.6 Å². The molecule has 466 valence electrons. The number of pyridine rings is 6. The van der Waals surface area contributed by atoms with Gasteiger partial charge in [0.1, 0.15) is 36.1 Å². The summed E-state index contributed by atoms with van der Waals surface area (Å²) in [4.78, 5) is 63.1. The number of nitro groups is 2. The molecule has 2 aromatic carbocycles. The molecule has 0 radical (unpaired) electrons. The second-order valence-corrected chi connectivity index (χ2v) is 24.8. The summed E-state index contributed by atoms with van der Waals surface area (Å²) in [5, 5.41) is 23.8. The Balaban J connectivity index is 0.000000284. The maximum absolute atomic E-state index is 13.9. The van der Waals surface area contributed by atoms with Crippen LogP contribution in [-0.2, 0) is 0 Å². The third-order valence-corrected chi connectivity index (χ3v) is 18.6. The minimum atomic E-state index is -0.877. The molecule has 30 heteroatoms. The molecule has 3 atom stereocenters. The number of aromatic amines is 2. The van der Waals surface area contributed by atoms with E-state index in [-0.39, 0.29) is 65.6 Å². The molecule has 0 aliphatic heterocycles. The number of unbranched alkanes of at least 4 members (excludes halogenated alkanes) is 6. The van der Waals surface area contributed by atoms with Gasteiger partial charge in [-0.3, -0.25) is 39.8 Å². The minimum Gasteiger partial charge on any atom is -0.453 e. The van der Waals surface area contributed by atoms with Crippen LogP contribution < -0.4 is 36.6 Å². The molecule has 0 aliphatic rings. The van der Waals surface area contributed by atoms with E-state index in [9.17, 15) is 38.6 Å². The summed E-state index contributed by atoms with van der Waals surface area (Å²) in [6, 6.07) is 19.2. The Labute approximate surface area is 551 Å². The number of rotatable bonds is 21. The molecule has 0 aliphatic carbocycles. The van der Waals surface area contributed by atoms with Crippen molar-refractivity contribution in [3.05, 3.63) is 220 Å². The fourth-order valence-electron chi connectivity index (χ4n) is 6.38. The van der Waals surface area contributed by atoms with Crippen molar-refractivity contribution in [2.24, 2.45) is 0 Å². The lowest BCUT2D eigenvalue weighted by Crippen LogP contribution is -2.13. The highest BCUT2D eigenvalue weighted by atomic mass is 35.5. The lowest BCUT2D eigenvalue weighted by atomic mass is 10.3. The summed E-state index contributed by atoms with van der Waals surface area (Å²) in [6.07, 6.45) is 23.7. The van der Waals surface area contributed by atoms with Gasteiger partial charge in [-0.1, -0.05) is 189 Å². The molecule has 2 N–H and O–H groups in total. The molecule has 0 spiro atoms. The van der Waals surface area contributed by atoms with Crippen molar-refractivity contribution < 1.29 is 28.1 Å². The van der Waals surface area contributed by atoms with Crippen molar-refractivity contribution >= 4 is 158 Å². The second kappa shape index (κ2) is 42.9. The molecule has 16 nitrogen and oxygen atoms in total. The fraction of sp³-hybridized carbons (Fsp3) is 0.263. The van der Waals surface area contributed by atoms with Crippen LogP contribution in [0.5, 0.6) is 23.0 Å². The molecular weight excluding hydrogens is 1370 g/mol. The third-order valence-electron chi connectivity index (χ3n) is 10.8. The second-order valence-electron chi connectivity index (χ2n) is 17.3. The predicted molar refractivity (Wildman–Crippen MR) is 359 cm³/mol. The number of nitrogens with one attached hydrogen (secondary N) is 2. The van der Waals surface area contributed by atoms with Crippen LogP contribution >= 0.6 is 130 Å². The van der Waals surface area contributed by atoms with Crippen LogP contribution in [0.1, 0.15) is 78.6 Å². The molecule has 0 saturated carbocycles. The summed E-state index contributed by atoms with van der Waals surface area (Å²) in [5.74, 6) is -1.61. The number of non-ortho nitro benzene ring substituents is 2. The van der Waals surface area contributed by atoms with Gasteiger partial charge in [0.2, 0.25) is 10.9 Å². The molecule has 8 rings (SSSR count). The first-order chi connectivity index (χ1) is 41.6. The Kier molecular flexibility index (Phi) is 37.7. The van der Waals surface area contributed by atoms with Crippen LogP contribution in [0.3, 0.4) is 0 Å². The molecule has 6 aromatic heterocycles. The van der Waals surface area contributed by atoms with Crippen molar-refractivity contribution in [3.63, 3.8) is 0 Å². The summed E-state index contributed by atoms with van der Waals surface area (Å²) >= 11 is 51.5. The highest BCUT2D eigenvalue weighted by Gasteiger charge is 2.17. The quantitative estimate of drug-likeness (QED) is 0.0225. The van der Waals surface area contributed by atoms with E-state index in [1.807, 2.05) is 18.3 Å². The van der Waals surface area contributed by atoms with E-state index in [0.717, 1.165) is 85.8 Å². The molecule has 87 heavy (non-hydrogen) atoms. The van der Waals surface area contributed by atoms with Gasteiger partial charge in [-0.05, 0) is 74.1 Å². The first-order valence-electron chi connectivity index (χ1n) is 26.3. The van der Waals surface area contributed by atoms with E-state index in [1.54, 1.807) is 36.8 Å². The Hall–Kier alpha value is -4.90. The normalized spacial score (nSPS) is 10.6. The van der Waals surface area contributed by atoms with Gasteiger partial charge in [-0.15, -0.1) is 0 Å². The topological polar surface area (TPSA) is 222 Å². The maximum Gasteiger partial charge on any atom is 0.272 e. The van der Waals surface area contributed by atoms with E-state index < -0.39 is 21.5 Å². The van der Waals surface area contributed by atoms with Crippen molar-refractivity contribution in [3.8, 4) is 23.0 Å². The Morgan fingerprint density at radius 2 is 0.931 bits per heavy atom. The van der Waals surface area contributed by atoms with Gasteiger partial charge < -0.3 is 19.4 Å². The first-order valence-corrected chi connectivity index (χ1v) is 33.3. The zero-order valence-electron chi connectivity index (χ0n) is 46.6. The monoisotopic (exact) mass is 1430 g/mol. The molecular formula is C57H58Cl9F2N8O8P3.